The first-order valence-electron chi connectivity index (χ1n) is 5.18. The number of benzene rings is 1. The average molecular weight is 190 g/mol. The normalized spacial score (nSPS) is 40.4. The molecule has 1 saturated heterocycles. The molecule has 0 aromatic heterocycles. The summed E-state index contributed by atoms with van der Waals surface area (Å²) in [5.74, 6) is 1.25. The second kappa shape index (κ2) is 3.07. The zero-order valence-corrected chi connectivity index (χ0v) is 7.97. The van der Waals surface area contributed by atoms with E-state index in [1.165, 1.54) is 5.56 Å². The second-order valence-electron chi connectivity index (χ2n) is 4.29. The summed E-state index contributed by atoms with van der Waals surface area (Å²) in [6.45, 7) is 1.57. The first kappa shape index (κ1) is 8.45. The van der Waals surface area contributed by atoms with Crippen LogP contribution in [0.25, 0.3) is 0 Å². The monoisotopic (exact) mass is 190 g/mol. The highest BCUT2D eigenvalue weighted by molar-refractivity contribution is 5.27. The molecule has 1 heterocycles. The summed E-state index contributed by atoms with van der Waals surface area (Å²) in [5.41, 5.74) is 1.26. The van der Waals surface area contributed by atoms with Crippen molar-refractivity contribution in [2.45, 2.75) is 12.0 Å². The van der Waals surface area contributed by atoms with Crippen molar-refractivity contribution in [3.63, 3.8) is 0 Å². The molecule has 0 amide bonds. The third kappa shape index (κ3) is 1.04. The molecule has 2 aliphatic rings. The lowest BCUT2D eigenvalue weighted by Crippen LogP contribution is -2.48. The van der Waals surface area contributed by atoms with E-state index in [1.807, 2.05) is 18.2 Å². The predicted octanol–water partition coefficient (Wildman–Crippen LogP) is 1.41. The van der Waals surface area contributed by atoms with Gasteiger partial charge in [0.05, 0.1) is 19.3 Å². The SMILES string of the molecule is O[C@H]1C(c2ccccc2)[C@@H]2COC[C@H]12. The van der Waals surface area contributed by atoms with Gasteiger partial charge >= 0.3 is 0 Å². The maximum Gasteiger partial charge on any atom is 0.0666 e. The van der Waals surface area contributed by atoms with Crippen LogP contribution in [-0.4, -0.2) is 24.4 Å². The average Bonchev–Trinajstić information content (AvgIpc) is 2.63. The summed E-state index contributed by atoms with van der Waals surface area (Å²) in [7, 11) is 0. The number of fused-ring (bicyclic) bond motifs is 1. The topological polar surface area (TPSA) is 29.5 Å². The minimum Gasteiger partial charge on any atom is -0.392 e. The van der Waals surface area contributed by atoms with Gasteiger partial charge in [-0.1, -0.05) is 30.3 Å². The summed E-state index contributed by atoms with van der Waals surface area (Å²) in [6, 6.07) is 10.3. The molecule has 74 valence electrons. The number of ether oxygens (including phenoxy) is 1. The Bertz CT molecular complexity index is 322. The van der Waals surface area contributed by atoms with Crippen molar-refractivity contribution in [3.05, 3.63) is 35.9 Å². The lowest BCUT2D eigenvalue weighted by Gasteiger charge is -2.44. The number of rotatable bonds is 1. The molecular formula is C12H14O2. The van der Waals surface area contributed by atoms with Crippen molar-refractivity contribution in [1.82, 2.24) is 0 Å². The highest BCUT2D eigenvalue weighted by atomic mass is 16.5. The van der Waals surface area contributed by atoms with Crippen molar-refractivity contribution in [3.8, 4) is 0 Å². The van der Waals surface area contributed by atoms with E-state index in [-0.39, 0.29) is 6.10 Å². The van der Waals surface area contributed by atoms with E-state index >= 15 is 0 Å². The Kier molecular flexibility index (Phi) is 1.85. The minimum absolute atomic E-state index is 0.190. The van der Waals surface area contributed by atoms with Gasteiger partial charge in [0.2, 0.25) is 0 Å². The first-order valence-corrected chi connectivity index (χ1v) is 5.18. The predicted molar refractivity (Wildman–Crippen MR) is 53.0 cm³/mol. The van der Waals surface area contributed by atoms with E-state index in [9.17, 15) is 5.11 Å². The van der Waals surface area contributed by atoms with Crippen LogP contribution in [0.1, 0.15) is 11.5 Å². The molecule has 1 aromatic rings. The molecule has 1 N–H and O–H groups in total. The molecule has 1 saturated carbocycles. The van der Waals surface area contributed by atoms with Crippen LogP contribution < -0.4 is 0 Å². The zero-order chi connectivity index (χ0) is 9.54. The van der Waals surface area contributed by atoms with Gasteiger partial charge in [0.1, 0.15) is 0 Å². The fourth-order valence-corrected chi connectivity index (χ4v) is 2.80. The maximum atomic E-state index is 9.95. The third-order valence-corrected chi connectivity index (χ3v) is 3.62. The van der Waals surface area contributed by atoms with Gasteiger partial charge in [-0.15, -0.1) is 0 Å². The Hall–Kier alpha value is -0.860. The van der Waals surface area contributed by atoms with Crippen LogP contribution in [-0.2, 0) is 4.74 Å². The molecule has 1 aliphatic carbocycles. The molecule has 0 spiro atoms. The van der Waals surface area contributed by atoms with Gasteiger partial charge in [0.25, 0.3) is 0 Å². The van der Waals surface area contributed by atoms with Crippen molar-refractivity contribution >= 4 is 0 Å². The summed E-state index contributed by atoms with van der Waals surface area (Å²) in [6.07, 6.45) is -0.190. The number of aliphatic hydroxyl groups is 1. The van der Waals surface area contributed by atoms with Gasteiger partial charge in [-0.05, 0) is 11.5 Å². The molecule has 0 radical (unpaired) electrons. The molecule has 2 heteroatoms. The molecule has 1 unspecified atom stereocenters. The Labute approximate surface area is 83.5 Å². The van der Waals surface area contributed by atoms with Gasteiger partial charge in [0.15, 0.2) is 0 Å². The van der Waals surface area contributed by atoms with Crippen LogP contribution in [0.5, 0.6) is 0 Å². The van der Waals surface area contributed by atoms with Gasteiger partial charge in [-0.2, -0.15) is 0 Å². The van der Waals surface area contributed by atoms with Crippen LogP contribution in [0.3, 0.4) is 0 Å². The summed E-state index contributed by atoms with van der Waals surface area (Å²) >= 11 is 0. The Balaban J connectivity index is 1.87. The van der Waals surface area contributed by atoms with E-state index in [4.69, 9.17) is 4.74 Å². The Morgan fingerprint density at radius 1 is 1.07 bits per heavy atom. The summed E-state index contributed by atoms with van der Waals surface area (Å²) in [5, 5.41) is 9.95. The van der Waals surface area contributed by atoms with Gasteiger partial charge < -0.3 is 9.84 Å². The standard InChI is InChI=1S/C12H14O2/c13-12-10-7-14-6-9(10)11(12)8-4-2-1-3-5-8/h1-5,9-13H,6-7H2/t9-,10+,11?,12-/m1/s1. The first-order chi connectivity index (χ1) is 6.88. The molecule has 0 bridgehead atoms. The lowest BCUT2D eigenvalue weighted by molar-refractivity contribution is -0.0337. The van der Waals surface area contributed by atoms with E-state index < -0.39 is 0 Å². The van der Waals surface area contributed by atoms with Crippen LogP contribution in [0.4, 0.5) is 0 Å². The third-order valence-electron chi connectivity index (χ3n) is 3.62. The molecule has 2 fully saturated rings. The highest BCUT2D eigenvalue weighted by Gasteiger charge is 2.53. The van der Waals surface area contributed by atoms with Crippen LogP contribution in [0.2, 0.25) is 0 Å². The molecular weight excluding hydrogens is 176 g/mol. The fourth-order valence-electron chi connectivity index (χ4n) is 2.80. The molecule has 3 rings (SSSR count). The molecule has 1 aliphatic heterocycles. The summed E-state index contributed by atoms with van der Waals surface area (Å²) < 4.78 is 5.39. The lowest BCUT2D eigenvalue weighted by atomic mass is 9.61. The Morgan fingerprint density at radius 3 is 2.57 bits per heavy atom. The Morgan fingerprint density at radius 2 is 1.79 bits per heavy atom. The maximum absolute atomic E-state index is 9.95. The van der Waals surface area contributed by atoms with Crippen molar-refractivity contribution in [2.75, 3.05) is 13.2 Å². The van der Waals surface area contributed by atoms with Gasteiger partial charge in [-0.3, -0.25) is 0 Å². The van der Waals surface area contributed by atoms with Crippen LogP contribution >= 0.6 is 0 Å². The molecule has 14 heavy (non-hydrogen) atoms. The molecule has 4 atom stereocenters. The number of aliphatic hydroxyl groups excluding tert-OH is 1. The quantitative estimate of drug-likeness (QED) is 0.725. The van der Waals surface area contributed by atoms with Crippen molar-refractivity contribution < 1.29 is 9.84 Å². The van der Waals surface area contributed by atoms with E-state index in [0.29, 0.717) is 17.8 Å². The molecule has 1 aromatic carbocycles. The number of hydrogen-bond donors (Lipinski definition) is 1. The van der Waals surface area contributed by atoms with Crippen molar-refractivity contribution in [1.29, 1.82) is 0 Å². The largest absolute Gasteiger partial charge is 0.392 e. The number of hydrogen-bond acceptors (Lipinski definition) is 2. The van der Waals surface area contributed by atoms with Gasteiger partial charge in [0, 0.05) is 11.8 Å². The smallest absolute Gasteiger partial charge is 0.0666 e. The van der Waals surface area contributed by atoms with Crippen LogP contribution in [0, 0.1) is 11.8 Å². The highest BCUT2D eigenvalue weighted by Crippen LogP contribution is 2.50. The summed E-state index contributed by atoms with van der Waals surface area (Å²) in [4.78, 5) is 0. The van der Waals surface area contributed by atoms with E-state index in [1.54, 1.807) is 0 Å². The van der Waals surface area contributed by atoms with E-state index in [0.717, 1.165) is 13.2 Å². The van der Waals surface area contributed by atoms with Crippen LogP contribution in [0.15, 0.2) is 30.3 Å². The van der Waals surface area contributed by atoms with E-state index in [2.05, 4.69) is 12.1 Å². The zero-order valence-electron chi connectivity index (χ0n) is 7.97. The van der Waals surface area contributed by atoms with Crippen molar-refractivity contribution in [2.24, 2.45) is 11.8 Å². The second-order valence-corrected chi connectivity index (χ2v) is 4.29. The minimum atomic E-state index is -0.190. The molecule has 2 nitrogen and oxygen atoms in total. The van der Waals surface area contributed by atoms with Gasteiger partial charge in [-0.25, -0.2) is 0 Å². The fraction of sp³-hybridized carbons (Fsp3) is 0.500.